The first-order valence-corrected chi connectivity index (χ1v) is 14.1. The second-order valence-electron chi connectivity index (χ2n) is 11.0. The lowest BCUT2D eigenvalue weighted by molar-refractivity contribution is 0.221. The molecule has 4 heteroatoms. The van der Waals surface area contributed by atoms with Crippen molar-refractivity contribution in [2.24, 2.45) is 5.41 Å². The van der Waals surface area contributed by atoms with Gasteiger partial charge in [0.05, 0.1) is 0 Å². The molecule has 0 amide bonds. The molecule has 0 unspecified atom stereocenters. The van der Waals surface area contributed by atoms with E-state index in [2.05, 4.69) is 54.4 Å². The van der Waals surface area contributed by atoms with Gasteiger partial charge in [0.15, 0.2) is 17.2 Å². The van der Waals surface area contributed by atoms with Crippen LogP contribution in [-0.4, -0.2) is 15.3 Å². The van der Waals surface area contributed by atoms with Crippen molar-refractivity contribution in [1.29, 1.82) is 0 Å². The number of hydrogen-bond donors (Lipinski definition) is 3. The van der Waals surface area contributed by atoms with Crippen LogP contribution < -0.4 is 0 Å². The van der Waals surface area contributed by atoms with Crippen LogP contribution in [-0.2, 0) is 12.1 Å². The van der Waals surface area contributed by atoms with E-state index in [9.17, 15) is 4.39 Å². The van der Waals surface area contributed by atoms with E-state index in [1.807, 2.05) is 58.9 Å². The second-order valence-corrected chi connectivity index (χ2v) is 11.0. The Bertz CT molecular complexity index is 926. The molecule has 3 nitrogen and oxygen atoms in total. The summed E-state index contributed by atoms with van der Waals surface area (Å²) in [4.78, 5) is 0. The Hall–Kier alpha value is -3.01. The molecule has 0 heterocycles. The van der Waals surface area contributed by atoms with Crippen LogP contribution in [0.2, 0.25) is 0 Å². The molecule has 0 spiro atoms. The monoisotopic (exact) mass is 560 g/mol. The molecule has 2 aromatic rings. The van der Waals surface area contributed by atoms with E-state index in [1.54, 1.807) is 26.8 Å². The Labute approximate surface area is 247 Å². The molecule has 0 aliphatic rings. The van der Waals surface area contributed by atoms with E-state index in [1.165, 1.54) is 30.5 Å². The molecule has 0 fully saturated rings. The number of aromatic hydroxyl groups is 3. The third-order valence-electron chi connectivity index (χ3n) is 4.96. The highest BCUT2D eigenvalue weighted by Gasteiger charge is 2.18. The zero-order chi connectivity index (χ0) is 32.7. The van der Waals surface area contributed by atoms with Gasteiger partial charge in [0, 0.05) is 0 Å². The van der Waals surface area contributed by atoms with Gasteiger partial charge in [-0.05, 0) is 88.6 Å². The Morgan fingerprint density at radius 1 is 0.875 bits per heavy atom. The van der Waals surface area contributed by atoms with E-state index < -0.39 is 11.4 Å². The molecule has 0 aliphatic carbocycles. The summed E-state index contributed by atoms with van der Waals surface area (Å²) in [6, 6.07) is 10.4. The summed E-state index contributed by atoms with van der Waals surface area (Å²) < 4.78 is 13.4. The average molecular weight is 561 g/mol. The largest absolute Gasteiger partial charge is 0.504 e. The zero-order valence-corrected chi connectivity index (χ0v) is 28.0. The molecule has 0 saturated heterocycles. The number of alkyl halides is 1. The lowest BCUT2D eigenvalue weighted by Crippen LogP contribution is -2.08. The number of phenolic OH excluding ortho intramolecular Hbond substituents is 3. The van der Waals surface area contributed by atoms with Crippen LogP contribution in [0.4, 0.5) is 4.39 Å². The van der Waals surface area contributed by atoms with Crippen LogP contribution in [0, 0.1) is 12.3 Å². The number of hydrogen-bond acceptors (Lipinski definition) is 3. The minimum absolute atomic E-state index is 0.294. The first kappa shape index (κ1) is 44.0. The molecule has 2 aromatic carbocycles. The quantitative estimate of drug-likeness (QED) is 0.198. The fourth-order valence-corrected chi connectivity index (χ4v) is 2.65. The number of halogens is 1. The van der Waals surface area contributed by atoms with Crippen molar-refractivity contribution >= 4 is 0 Å². The maximum Gasteiger partial charge on any atom is 0.200 e. The molecule has 3 N–H and O–H groups in total. The number of allylic oxidation sites excluding steroid dienone is 3. The summed E-state index contributed by atoms with van der Waals surface area (Å²) in [5.41, 5.74) is 4.12. The second kappa shape index (κ2) is 23.8. The van der Waals surface area contributed by atoms with Crippen molar-refractivity contribution in [3.8, 4) is 17.2 Å². The number of rotatable bonds is 4. The Morgan fingerprint density at radius 3 is 1.52 bits per heavy atom. The number of benzene rings is 2. The SMILES string of the molecule is C=C(C)C(=C)C.C=CC.CC.CCCC(C)(C)C.CCc1cccc(C(C)(C)F)c1.Cc1cc(O)c(O)c(O)c1. The third kappa shape index (κ3) is 26.6. The van der Waals surface area contributed by atoms with E-state index in [-0.39, 0.29) is 11.5 Å². The van der Waals surface area contributed by atoms with Gasteiger partial charge in [-0.15, -0.1) is 6.58 Å². The van der Waals surface area contributed by atoms with E-state index in [0.717, 1.165) is 23.1 Å². The molecular formula is C36H61FO3. The molecule has 0 bridgehead atoms. The Balaban J connectivity index is -0.000000211. The lowest BCUT2D eigenvalue weighted by Gasteiger charge is -2.15. The fraction of sp³-hybridized carbons (Fsp3) is 0.500. The van der Waals surface area contributed by atoms with Crippen LogP contribution in [0.1, 0.15) is 113 Å². The molecule has 0 radical (unpaired) electrons. The summed E-state index contributed by atoms with van der Waals surface area (Å²) in [6.07, 6.45) is 5.36. The van der Waals surface area contributed by atoms with Gasteiger partial charge in [-0.3, -0.25) is 0 Å². The van der Waals surface area contributed by atoms with Crippen molar-refractivity contribution in [3.63, 3.8) is 0 Å². The highest BCUT2D eigenvalue weighted by molar-refractivity contribution is 5.50. The molecule has 40 heavy (non-hydrogen) atoms. The lowest BCUT2D eigenvalue weighted by atomic mass is 9.91. The smallest absolute Gasteiger partial charge is 0.200 e. The van der Waals surface area contributed by atoms with Crippen LogP contribution in [0.5, 0.6) is 17.2 Å². The molecule has 0 aromatic heterocycles. The topological polar surface area (TPSA) is 60.7 Å². The van der Waals surface area contributed by atoms with Crippen LogP contribution in [0.15, 0.2) is 73.4 Å². The standard InChI is InChI=1S/C11H15F.C7H8O3.C7H16.C6H10.C3H6.C2H6/c1-4-9-6-5-7-10(8-9)11(2,3)12;1-4-2-5(8)7(10)6(9)3-4;1-5-6-7(2,3)4;1-5(2)6(3)4;1-3-2;1-2/h5-8H,4H2,1-3H3;2-3,8-10H,1H3;5-6H2,1-4H3;1,3H2,2,4H3;3H,1H2,2H3;1-2H3. The summed E-state index contributed by atoms with van der Waals surface area (Å²) >= 11 is 0. The van der Waals surface area contributed by atoms with Crippen molar-refractivity contribution in [1.82, 2.24) is 0 Å². The Morgan fingerprint density at radius 2 is 1.27 bits per heavy atom. The summed E-state index contributed by atoms with van der Waals surface area (Å²) in [6.45, 7) is 36.5. The third-order valence-corrected chi connectivity index (χ3v) is 4.96. The molecule has 230 valence electrons. The van der Waals surface area contributed by atoms with E-state index in [0.29, 0.717) is 11.0 Å². The summed E-state index contributed by atoms with van der Waals surface area (Å²) in [7, 11) is 0. The van der Waals surface area contributed by atoms with Gasteiger partial charge in [-0.25, -0.2) is 4.39 Å². The molecule has 0 saturated carbocycles. The summed E-state index contributed by atoms with van der Waals surface area (Å²) in [5.74, 6) is -1.05. The zero-order valence-electron chi connectivity index (χ0n) is 28.0. The number of phenols is 3. The molecular weight excluding hydrogens is 499 g/mol. The minimum Gasteiger partial charge on any atom is -0.504 e. The molecule has 0 atom stereocenters. The van der Waals surface area contributed by atoms with Crippen LogP contribution in [0.3, 0.4) is 0 Å². The molecule has 0 aliphatic heterocycles. The first-order chi connectivity index (χ1) is 18.3. The fourth-order valence-electron chi connectivity index (χ4n) is 2.65. The van der Waals surface area contributed by atoms with Crippen molar-refractivity contribution in [3.05, 3.63) is 90.0 Å². The van der Waals surface area contributed by atoms with Gasteiger partial charge in [0.1, 0.15) is 5.67 Å². The van der Waals surface area contributed by atoms with E-state index in [4.69, 9.17) is 15.3 Å². The van der Waals surface area contributed by atoms with E-state index >= 15 is 0 Å². The van der Waals surface area contributed by atoms with Gasteiger partial charge in [0.2, 0.25) is 0 Å². The normalized spacial score (nSPS) is 9.65. The molecule has 2 rings (SSSR count). The van der Waals surface area contributed by atoms with Gasteiger partial charge in [0.25, 0.3) is 0 Å². The summed E-state index contributed by atoms with van der Waals surface area (Å²) in [5, 5.41) is 26.6. The number of aryl methyl sites for hydroxylation is 2. The first-order valence-electron chi connectivity index (χ1n) is 14.1. The Kier molecular flexibility index (Phi) is 26.2. The van der Waals surface area contributed by atoms with Crippen molar-refractivity contribution < 1.29 is 19.7 Å². The van der Waals surface area contributed by atoms with Gasteiger partial charge >= 0.3 is 0 Å². The predicted molar refractivity (Wildman–Crippen MR) is 177 cm³/mol. The highest BCUT2D eigenvalue weighted by atomic mass is 19.1. The average Bonchev–Trinajstić information content (AvgIpc) is 2.84. The highest BCUT2D eigenvalue weighted by Crippen LogP contribution is 2.34. The van der Waals surface area contributed by atoms with Gasteiger partial charge in [-0.1, -0.05) is 110 Å². The minimum atomic E-state index is -1.22. The van der Waals surface area contributed by atoms with Crippen molar-refractivity contribution in [2.45, 2.75) is 115 Å². The van der Waals surface area contributed by atoms with Crippen LogP contribution in [0.25, 0.3) is 0 Å². The van der Waals surface area contributed by atoms with Gasteiger partial charge in [-0.2, -0.15) is 0 Å². The maximum absolute atomic E-state index is 13.4. The predicted octanol–water partition coefficient (Wildman–Crippen LogP) is 11.8. The van der Waals surface area contributed by atoms with Crippen LogP contribution >= 0.6 is 0 Å². The van der Waals surface area contributed by atoms with Crippen molar-refractivity contribution in [2.75, 3.05) is 0 Å². The van der Waals surface area contributed by atoms with Gasteiger partial charge < -0.3 is 15.3 Å². The maximum atomic E-state index is 13.4.